The fourth-order valence-corrected chi connectivity index (χ4v) is 3.27. The number of anilines is 1. The van der Waals surface area contributed by atoms with E-state index in [9.17, 15) is 0 Å². The van der Waals surface area contributed by atoms with E-state index in [-0.39, 0.29) is 6.04 Å². The van der Waals surface area contributed by atoms with Gasteiger partial charge in [0.15, 0.2) is 5.65 Å². The number of thiophene rings is 1. The molecule has 0 bridgehead atoms. The Morgan fingerprint density at radius 2 is 1.96 bits per heavy atom. The van der Waals surface area contributed by atoms with Gasteiger partial charge in [-0.25, -0.2) is 14.6 Å². The van der Waals surface area contributed by atoms with Gasteiger partial charge >= 0.3 is 0 Å². The summed E-state index contributed by atoms with van der Waals surface area (Å²) in [6.45, 7) is 2.13. The van der Waals surface area contributed by atoms with E-state index in [1.165, 1.54) is 4.88 Å². The van der Waals surface area contributed by atoms with Crippen LogP contribution in [0.3, 0.4) is 0 Å². The van der Waals surface area contributed by atoms with Crippen LogP contribution in [0.4, 0.5) is 5.82 Å². The van der Waals surface area contributed by atoms with Crippen molar-refractivity contribution in [1.29, 1.82) is 0 Å². The van der Waals surface area contributed by atoms with E-state index >= 15 is 0 Å². The highest BCUT2D eigenvalue weighted by molar-refractivity contribution is 7.10. The van der Waals surface area contributed by atoms with Crippen LogP contribution in [0.25, 0.3) is 16.7 Å². The SMILES string of the molecule is C[C@@H](Nc1ncnc2c1cnn2-c1ccccc1)c1cccs1. The van der Waals surface area contributed by atoms with Crippen molar-refractivity contribution in [3.8, 4) is 5.69 Å². The standard InChI is InChI=1S/C17H15N5S/c1-12(15-8-5-9-23-15)21-16-14-10-20-22(17(14)19-11-18-16)13-6-3-2-4-7-13/h2-12H,1H3,(H,18,19,21)/t12-/m1/s1. The quantitative estimate of drug-likeness (QED) is 0.616. The Balaban J connectivity index is 1.73. The molecule has 0 amide bonds. The Bertz CT molecular complexity index is 915. The summed E-state index contributed by atoms with van der Waals surface area (Å²) in [7, 11) is 0. The van der Waals surface area contributed by atoms with E-state index in [2.05, 4.69) is 44.8 Å². The third-order valence-electron chi connectivity index (χ3n) is 3.69. The molecular weight excluding hydrogens is 306 g/mol. The fourth-order valence-electron chi connectivity index (χ4n) is 2.53. The number of aromatic nitrogens is 4. The topological polar surface area (TPSA) is 55.6 Å². The Morgan fingerprint density at radius 1 is 1.09 bits per heavy atom. The maximum atomic E-state index is 4.47. The van der Waals surface area contributed by atoms with E-state index in [1.54, 1.807) is 17.7 Å². The van der Waals surface area contributed by atoms with Crippen LogP contribution in [-0.4, -0.2) is 19.7 Å². The van der Waals surface area contributed by atoms with Crippen LogP contribution in [0.15, 0.2) is 60.4 Å². The molecule has 23 heavy (non-hydrogen) atoms. The molecular formula is C17H15N5S. The predicted octanol–water partition coefficient (Wildman–Crippen LogP) is 4.05. The first-order chi connectivity index (χ1) is 11.3. The van der Waals surface area contributed by atoms with Crippen LogP contribution in [0, 0.1) is 0 Å². The zero-order chi connectivity index (χ0) is 15.6. The smallest absolute Gasteiger partial charge is 0.168 e. The van der Waals surface area contributed by atoms with Crippen molar-refractivity contribution in [3.05, 3.63) is 65.2 Å². The number of para-hydroxylation sites is 1. The van der Waals surface area contributed by atoms with Crippen molar-refractivity contribution in [2.75, 3.05) is 5.32 Å². The number of hydrogen-bond donors (Lipinski definition) is 1. The molecule has 3 aromatic heterocycles. The van der Waals surface area contributed by atoms with Gasteiger partial charge in [0.1, 0.15) is 12.1 Å². The molecule has 114 valence electrons. The molecule has 0 saturated heterocycles. The lowest BCUT2D eigenvalue weighted by molar-refractivity contribution is 0.889. The van der Waals surface area contributed by atoms with Crippen molar-refractivity contribution in [2.45, 2.75) is 13.0 Å². The summed E-state index contributed by atoms with van der Waals surface area (Å²) in [5.41, 5.74) is 1.78. The van der Waals surface area contributed by atoms with Gasteiger partial charge in [-0.15, -0.1) is 11.3 Å². The van der Waals surface area contributed by atoms with Gasteiger partial charge in [-0.05, 0) is 30.5 Å². The molecule has 0 fully saturated rings. The minimum Gasteiger partial charge on any atom is -0.362 e. The molecule has 0 aliphatic carbocycles. The summed E-state index contributed by atoms with van der Waals surface area (Å²) in [5, 5.41) is 10.9. The highest BCUT2D eigenvalue weighted by Crippen LogP contribution is 2.26. The van der Waals surface area contributed by atoms with Crippen molar-refractivity contribution in [2.24, 2.45) is 0 Å². The molecule has 1 N–H and O–H groups in total. The van der Waals surface area contributed by atoms with E-state index in [0.29, 0.717) is 0 Å². The lowest BCUT2D eigenvalue weighted by Gasteiger charge is -2.13. The van der Waals surface area contributed by atoms with Gasteiger partial charge in [0.05, 0.1) is 23.3 Å². The maximum Gasteiger partial charge on any atom is 0.168 e. The van der Waals surface area contributed by atoms with E-state index < -0.39 is 0 Å². The zero-order valence-electron chi connectivity index (χ0n) is 12.5. The molecule has 0 unspecified atom stereocenters. The van der Waals surface area contributed by atoms with Crippen molar-refractivity contribution in [1.82, 2.24) is 19.7 Å². The van der Waals surface area contributed by atoms with Crippen LogP contribution < -0.4 is 5.32 Å². The number of benzene rings is 1. The molecule has 5 nitrogen and oxygen atoms in total. The van der Waals surface area contributed by atoms with E-state index in [4.69, 9.17) is 0 Å². The van der Waals surface area contributed by atoms with Crippen molar-refractivity contribution < 1.29 is 0 Å². The average Bonchev–Trinajstić information content (AvgIpc) is 3.26. The molecule has 1 atom stereocenters. The van der Waals surface area contributed by atoms with Gasteiger partial charge in [-0.3, -0.25) is 0 Å². The molecule has 0 radical (unpaired) electrons. The summed E-state index contributed by atoms with van der Waals surface area (Å²) < 4.78 is 1.83. The minimum atomic E-state index is 0.188. The van der Waals surface area contributed by atoms with E-state index in [0.717, 1.165) is 22.5 Å². The third-order valence-corrected chi connectivity index (χ3v) is 4.74. The second-order valence-electron chi connectivity index (χ2n) is 5.23. The molecule has 0 aliphatic heterocycles. The zero-order valence-corrected chi connectivity index (χ0v) is 13.4. The van der Waals surface area contributed by atoms with Gasteiger partial charge in [-0.2, -0.15) is 5.10 Å². The van der Waals surface area contributed by atoms with Gasteiger partial charge in [0, 0.05) is 4.88 Å². The second-order valence-corrected chi connectivity index (χ2v) is 6.21. The predicted molar refractivity (Wildman–Crippen MR) is 93.0 cm³/mol. The number of rotatable bonds is 4. The number of hydrogen-bond acceptors (Lipinski definition) is 5. The van der Waals surface area contributed by atoms with Crippen molar-refractivity contribution in [3.63, 3.8) is 0 Å². The summed E-state index contributed by atoms with van der Waals surface area (Å²) >= 11 is 1.73. The summed E-state index contributed by atoms with van der Waals surface area (Å²) in [6.07, 6.45) is 3.39. The summed E-state index contributed by atoms with van der Waals surface area (Å²) in [4.78, 5) is 10.1. The van der Waals surface area contributed by atoms with Gasteiger partial charge in [-0.1, -0.05) is 24.3 Å². The normalized spacial score (nSPS) is 12.4. The van der Waals surface area contributed by atoms with Crippen LogP contribution in [-0.2, 0) is 0 Å². The molecule has 1 aromatic carbocycles. The first kappa shape index (κ1) is 13.9. The van der Waals surface area contributed by atoms with Gasteiger partial charge in [0.25, 0.3) is 0 Å². The molecule has 3 heterocycles. The molecule has 0 spiro atoms. The lowest BCUT2D eigenvalue weighted by atomic mass is 10.2. The van der Waals surface area contributed by atoms with Crippen LogP contribution in [0.1, 0.15) is 17.8 Å². The second kappa shape index (κ2) is 5.81. The number of nitrogens with one attached hydrogen (secondary N) is 1. The Kier molecular flexibility index (Phi) is 3.51. The van der Waals surface area contributed by atoms with Crippen LogP contribution in [0.2, 0.25) is 0 Å². The largest absolute Gasteiger partial charge is 0.362 e. The number of fused-ring (bicyclic) bond motifs is 1. The Morgan fingerprint density at radius 3 is 2.74 bits per heavy atom. The van der Waals surface area contributed by atoms with Gasteiger partial charge in [0.2, 0.25) is 0 Å². The highest BCUT2D eigenvalue weighted by atomic mass is 32.1. The Hall–Kier alpha value is -2.73. The van der Waals surface area contributed by atoms with E-state index in [1.807, 2.05) is 41.2 Å². The molecule has 0 aliphatic rings. The molecule has 4 rings (SSSR count). The Labute approximate surface area is 137 Å². The first-order valence-electron chi connectivity index (χ1n) is 7.37. The van der Waals surface area contributed by atoms with Crippen LogP contribution in [0.5, 0.6) is 0 Å². The van der Waals surface area contributed by atoms with Crippen molar-refractivity contribution >= 4 is 28.2 Å². The van der Waals surface area contributed by atoms with Crippen LogP contribution >= 0.6 is 11.3 Å². The summed E-state index contributed by atoms with van der Waals surface area (Å²) in [6, 6.07) is 14.3. The molecule has 0 saturated carbocycles. The fraction of sp³-hybridized carbons (Fsp3) is 0.118. The average molecular weight is 321 g/mol. The monoisotopic (exact) mass is 321 g/mol. The maximum absolute atomic E-state index is 4.47. The molecule has 4 aromatic rings. The number of nitrogens with zero attached hydrogens (tertiary/aromatic N) is 4. The van der Waals surface area contributed by atoms with Gasteiger partial charge < -0.3 is 5.32 Å². The highest BCUT2D eigenvalue weighted by Gasteiger charge is 2.13. The third kappa shape index (κ3) is 2.57. The lowest BCUT2D eigenvalue weighted by Crippen LogP contribution is -2.07. The minimum absolute atomic E-state index is 0.188. The summed E-state index contributed by atoms with van der Waals surface area (Å²) in [5.74, 6) is 0.804. The molecule has 6 heteroatoms. The first-order valence-corrected chi connectivity index (χ1v) is 8.25.